The van der Waals surface area contributed by atoms with E-state index in [9.17, 15) is 13.2 Å². The number of nitrogens with one attached hydrogen (secondary N) is 1. The topological polar surface area (TPSA) is 122 Å². The Morgan fingerprint density at radius 1 is 1.11 bits per heavy atom. The fourth-order valence-electron chi connectivity index (χ4n) is 2.12. The average molecular weight is 405 g/mol. The molecule has 0 atom stereocenters. The summed E-state index contributed by atoms with van der Waals surface area (Å²) in [5.41, 5.74) is 1.95. The van der Waals surface area contributed by atoms with E-state index in [4.69, 9.17) is 9.52 Å². The van der Waals surface area contributed by atoms with Crippen LogP contribution in [0, 0.1) is 6.92 Å². The molecular formula is C17H15N3O5S2. The Morgan fingerprint density at radius 2 is 1.78 bits per heavy atom. The van der Waals surface area contributed by atoms with Crippen LogP contribution in [0.2, 0.25) is 0 Å². The Hall–Kier alpha value is -2.85. The number of anilines is 1. The Bertz CT molecular complexity index is 1040. The number of nitrogens with zero attached hydrogens (tertiary/aromatic N) is 2. The van der Waals surface area contributed by atoms with Gasteiger partial charge in [-0.05, 0) is 43.3 Å². The summed E-state index contributed by atoms with van der Waals surface area (Å²) < 4.78 is 32.7. The van der Waals surface area contributed by atoms with Crippen molar-refractivity contribution in [1.29, 1.82) is 0 Å². The Balaban J connectivity index is 1.72. The van der Waals surface area contributed by atoms with Gasteiger partial charge in [0.05, 0.1) is 4.90 Å². The second-order valence-electron chi connectivity index (χ2n) is 5.55. The normalized spacial score (nSPS) is 11.3. The molecule has 2 aromatic carbocycles. The molecule has 0 saturated carbocycles. The molecule has 0 amide bonds. The van der Waals surface area contributed by atoms with Gasteiger partial charge < -0.3 is 9.52 Å². The number of carboxylic acids is 1. The highest BCUT2D eigenvalue weighted by Crippen LogP contribution is 2.25. The molecule has 1 aromatic heterocycles. The first-order valence-corrected chi connectivity index (χ1v) is 10.2. The largest absolute Gasteiger partial charge is 0.481 e. The molecule has 0 bridgehead atoms. The molecule has 0 aliphatic heterocycles. The molecule has 8 nitrogen and oxygen atoms in total. The maximum absolute atomic E-state index is 12.4. The maximum Gasteiger partial charge on any atom is 0.314 e. The quantitative estimate of drug-likeness (QED) is 0.575. The Labute approximate surface area is 159 Å². The molecule has 10 heteroatoms. The van der Waals surface area contributed by atoms with Crippen molar-refractivity contribution < 1.29 is 22.7 Å². The van der Waals surface area contributed by atoms with Crippen molar-refractivity contribution in [2.75, 3.05) is 10.5 Å². The third kappa shape index (κ3) is 4.86. The van der Waals surface area contributed by atoms with E-state index in [1.54, 1.807) is 48.5 Å². The molecule has 0 fully saturated rings. The van der Waals surface area contributed by atoms with Crippen LogP contribution in [0.15, 0.2) is 63.1 Å². The summed E-state index contributed by atoms with van der Waals surface area (Å²) in [6, 6.07) is 13.0. The average Bonchev–Trinajstić information content (AvgIpc) is 3.10. The molecule has 2 N–H and O–H groups in total. The lowest BCUT2D eigenvalue weighted by molar-refractivity contribution is -0.133. The fourth-order valence-corrected chi connectivity index (χ4v) is 3.66. The zero-order chi connectivity index (χ0) is 19.4. The van der Waals surface area contributed by atoms with Crippen LogP contribution in [0.1, 0.15) is 5.56 Å². The van der Waals surface area contributed by atoms with Gasteiger partial charge in [-0.1, -0.05) is 29.5 Å². The summed E-state index contributed by atoms with van der Waals surface area (Å²) in [5.74, 6) is -0.942. The van der Waals surface area contributed by atoms with E-state index in [1.807, 2.05) is 6.92 Å². The highest BCUT2D eigenvalue weighted by molar-refractivity contribution is 7.99. The second kappa shape index (κ2) is 7.80. The molecule has 0 unspecified atom stereocenters. The first-order valence-electron chi connectivity index (χ1n) is 7.71. The van der Waals surface area contributed by atoms with E-state index >= 15 is 0 Å². The molecule has 0 radical (unpaired) electrons. The van der Waals surface area contributed by atoms with E-state index in [-0.39, 0.29) is 21.8 Å². The summed E-state index contributed by atoms with van der Waals surface area (Å²) in [5, 5.41) is 16.4. The third-order valence-electron chi connectivity index (χ3n) is 3.44. The van der Waals surface area contributed by atoms with Crippen LogP contribution in [0.3, 0.4) is 0 Å². The van der Waals surface area contributed by atoms with Gasteiger partial charge in [0.25, 0.3) is 15.2 Å². The number of aryl methyl sites for hydroxylation is 1. The van der Waals surface area contributed by atoms with Crippen molar-refractivity contribution in [3.8, 4) is 11.5 Å². The van der Waals surface area contributed by atoms with Crippen LogP contribution in [0.5, 0.6) is 0 Å². The first kappa shape index (κ1) is 18.9. The number of sulfonamides is 1. The maximum atomic E-state index is 12.4. The van der Waals surface area contributed by atoms with Crippen LogP contribution in [0.4, 0.5) is 5.69 Å². The minimum absolute atomic E-state index is 0.150. The number of aromatic nitrogens is 2. The van der Waals surface area contributed by atoms with Gasteiger partial charge in [0, 0.05) is 11.3 Å². The predicted molar refractivity (Wildman–Crippen MR) is 100 cm³/mol. The van der Waals surface area contributed by atoms with Crippen LogP contribution in [0.25, 0.3) is 11.5 Å². The molecule has 0 spiro atoms. The number of carboxylic acid groups (broad SMARTS) is 1. The number of carbonyl (C=O) groups is 1. The van der Waals surface area contributed by atoms with Gasteiger partial charge in [0.15, 0.2) is 0 Å². The van der Waals surface area contributed by atoms with Gasteiger partial charge in [-0.3, -0.25) is 9.52 Å². The molecule has 140 valence electrons. The van der Waals surface area contributed by atoms with Gasteiger partial charge in [0.1, 0.15) is 5.75 Å². The van der Waals surface area contributed by atoms with E-state index in [0.717, 1.165) is 17.3 Å². The van der Waals surface area contributed by atoms with Gasteiger partial charge in [-0.2, -0.15) is 0 Å². The predicted octanol–water partition coefficient (Wildman–Crippen LogP) is 3.02. The summed E-state index contributed by atoms with van der Waals surface area (Å²) >= 11 is 0.922. The zero-order valence-electron chi connectivity index (χ0n) is 14.1. The van der Waals surface area contributed by atoms with Crippen molar-refractivity contribution in [2.24, 2.45) is 0 Å². The van der Waals surface area contributed by atoms with E-state index in [0.29, 0.717) is 11.3 Å². The number of hydrogen-bond donors (Lipinski definition) is 2. The molecule has 0 saturated heterocycles. The van der Waals surface area contributed by atoms with Crippen LogP contribution >= 0.6 is 11.8 Å². The number of thioether (sulfide) groups is 1. The number of benzene rings is 2. The van der Waals surface area contributed by atoms with Crippen molar-refractivity contribution in [3.05, 3.63) is 54.1 Å². The minimum Gasteiger partial charge on any atom is -0.481 e. The smallest absolute Gasteiger partial charge is 0.314 e. The van der Waals surface area contributed by atoms with Crippen molar-refractivity contribution >= 4 is 33.4 Å². The molecule has 0 aliphatic carbocycles. The Morgan fingerprint density at radius 3 is 2.41 bits per heavy atom. The first-order chi connectivity index (χ1) is 12.8. The SMILES string of the molecule is Cc1ccc(S(=O)(=O)Nc2ccc(-c3nnc(SCC(=O)O)o3)cc2)cc1. The van der Waals surface area contributed by atoms with E-state index in [1.165, 1.54) is 0 Å². The summed E-state index contributed by atoms with van der Waals surface area (Å²) in [6.07, 6.45) is 0. The molecule has 27 heavy (non-hydrogen) atoms. The molecule has 3 aromatic rings. The summed E-state index contributed by atoms with van der Waals surface area (Å²) in [7, 11) is -3.68. The van der Waals surface area contributed by atoms with E-state index in [2.05, 4.69) is 14.9 Å². The number of hydrogen-bond acceptors (Lipinski definition) is 7. The Kier molecular flexibility index (Phi) is 5.47. The van der Waals surface area contributed by atoms with Gasteiger partial charge >= 0.3 is 5.97 Å². The highest BCUT2D eigenvalue weighted by Gasteiger charge is 2.15. The highest BCUT2D eigenvalue weighted by atomic mass is 32.2. The molecule has 0 aliphatic rings. The van der Waals surface area contributed by atoms with Gasteiger partial charge in [0.2, 0.25) is 5.89 Å². The van der Waals surface area contributed by atoms with Gasteiger partial charge in [-0.15, -0.1) is 10.2 Å². The standard InChI is InChI=1S/C17H15N3O5S2/c1-11-2-8-14(9-3-11)27(23,24)20-13-6-4-12(5-7-13)16-18-19-17(25-16)26-10-15(21)22/h2-9,20H,10H2,1H3,(H,21,22). The zero-order valence-corrected chi connectivity index (χ0v) is 15.8. The van der Waals surface area contributed by atoms with Crippen molar-refractivity contribution in [3.63, 3.8) is 0 Å². The lowest BCUT2D eigenvalue weighted by Gasteiger charge is -2.08. The van der Waals surface area contributed by atoms with Crippen molar-refractivity contribution in [2.45, 2.75) is 17.0 Å². The molecular weight excluding hydrogens is 390 g/mol. The second-order valence-corrected chi connectivity index (χ2v) is 8.16. The van der Waals surface area contributed by atoms with E-state index < -0.39 is 16.0 Å². The lowest BCUT2D eigenvalue weighted by Crippen LogP contribution is -2.12. The molecule has 3 rings (SSSR count). The molecule has 1 heterocycles. The lowest BCUT2D eigenvalue weighted by atomic mass is 10.2. The van der Waals surface area contributed by atoms with Gasteiger partial charge in [-0.25, -0.2) is 8.42 Å². The number of aliphatic carboxylic acids is 1. The third-order valence-corrected chi connectivity index (χ3v) is 5.64. The van der Waals surface area contributed by atoms with Crippen LogP contribution < -0.4 is 4.72 Å². The fraction of sp³-hybridized carbons (Fsp3) is 0.118. The summed E-state index contributed by atoms with van der Waals surface area (Å²) in [4.78, 5) is 10.7. The monoisotopic (exact) mass is 405 g/mol. The van der Waals surface area contributed by atoms with Crippen LogP contribution in [-0.4, -0.2) is 35.4 Å². The van der Waals surface area contributed by atoms with Crippen molar-refractivity contribution in [1.82, 2.24) is 10.2 Å². The summed E-state index contributed by atoms with van der Waals surface area (Å²) in [6.45, 7) is 1.88. The minimum atomic E-state index is -3.68. The number of rotatable bonds is 7. The van der Waals surface area contributed by atoms with Crippen LogP contribution in [-0.2, 0) is 14.8 Å².